The van der Waals surface area contributed by atoms with Gasteiger partial charge in [0.15, 0.2) is 0 Å². The number of nitrogens with two attached hydrogens (primary N) is 1. The van der Waals surface area contributed by atoms with Crippen molar-refractivity contribution < 1.29 is 9.47 Å². The molecule has 0 aromatic heterocycles. The summed E-state index contributed by atoms with van der Waals surface area (Å²) in [5, 5.41) is 0. The number of nitrogens with zero attached hydrogens (tertiary/aromatic N) is 2. The Morgan fingerprint density at radius 1 is 1.32 bits per heavy atom. The fraction of sp³-hybridized carbons (Fsp3) is 0.647. The molecule has 1 aromatic rings. The third-order valence-electron chi connectivity index (χ3n) is 4.16. The van der Waals surface area contributed by atoms with Gasteiger partial charge in [-0.05, 0) is 39.4 Å². The number of ether oxygens (including phenoxy) is 2. The van der Waals surface area contributed by atoms with Crippen molar-refractivity contribution in [1.82, 2.24) is 4.90 Å². The smallest absolute Gasteiger partial charge is 0.144 e. The van der Waals surface area contributed by atoms with E-state index < -0.39 is 0 Å². The molecule has 1 aliphatic heterocycles. The van der Waals surface area contributed by atoms with Crippen LogP contribution in [-0.4, -0.2) is 57.4 Å². The Morgan fingerprint density at radius 2 is 2.09 bits per heavy atom. The molecule has 2 N–H and O–H groups in total. The van der Waals surface area contributed by atoms with E-state index in [2.05, 4.69) is 29.0 Å². The molecule has 0 unspecified atom stereocenters. The number of anilines is 2. The fourth-order valence-corrected chi connectivity index (χ4v) is 2.82. The van der Waals surface area contributed by atoms with Crippen LogP contribution >= 0.6 is 0 Å². The Balaban J connectivity index is 2.10. The molecule has 1 aliphatic rings. The maximum atomic E-state index is 6.01. The van der Waals surface area contributed by atoms with E-state index in [0.29, 0.717) is 11.7 Å². The van der Waals surface area contributed by atoms with Crippen molar-refractivity contribution >= 4 is 11.4 Å². The Morgan fingerprint density at radius 3 is 2.77 bits per heavy atom. The number of benzene rings is 1. The number of likely N-dealkylation sites (N-methyl/N-ethyl adjacent to an activating group) is 1. The lowest BCUT2D eigenvalue weighted by Crippen LogP contribution is -2.51. The van der Waals surface area contributed by atoms with Crippen LogP contribution in [0, 0.1) is 0 Å². The zero-order valence-electron chi connectivity index (χ0n) is 14.2. The molecule has 124 valence electrons. The maximum Gasteiger partial charge on any atom is 0.144 e. The van der Waals surface area contributed by atoms with Gasteiger partial charge in [-0.2, -0.15) is 0 Å². The second-order valence-corrected chi connectivity index (χ2v) is 6.25. The third-order valence-corrected chi connectivity index (χ3v) is 4.16. The van der Waals surface area contributed by atoms with Crippen LogP contribution in [0.15, 0.2) is 18.2 Å². The minimum atomic E-state index is 0.125. The highest BCUT2D eigenvalue weighted by molar-refractivity contribution is 5.62. The van der Waals surface area contributed by atoms with Crippen molar-refractivity contribution in [3.63, 3.8) is 0 Å². The molecule has 0 amide bonds. The molecule has 5 nitrogen and oxygen atoms in total. The highest BCUT2D eigenvalue weighted by atomic mass is 16.5. The van der Waals surface area contributed by atoms with Gasteiger partial charge in [0.1, 0.15) is 5.75 Å². The number of hydrogen-bond donors (Lipinski definition) is 1. The molecule has 1 aromatic carbocycles. The molecule has 1 fully saturated rings. The van der Waals surface area contributed by atoms with Gasteiger partial charge in [0, 0.05) is 51.1 Å². The summed E-state index contributed by atoms with van der Waals surface area (Å²) in [6.07, 6.45) is 1.17. The average Bonchev–Trinajstić information content (AvgIpc) is 2.48. The maximum absolute atomic E-state index is 6.01. The summed E-state index contributed by atoms with van der Waals surface area (Å²) in [6.45, 7) is 7.91. The van der Waals surface area contributed by atoms with Gasteiger partial charge in [-0.1, -0.05) is 0 Å². The summed E-state index contributed by atoms with van der Waals surface area (Å²) in [6, 6.07) is 6.60. The predicted molar refractivity (Wildman–Crippen MR) is 91.7 cm³/mol. The molecule has 2 rings (SSSR count). The van der Waals surface area contributed by atoms with E-state index in [1.165, 1.54) is 5.69 Å². The topological polar surface area (TPSA) is 51.0 Å². The van der Waals surface area contributed by atoms with E-state index in [1.54, 1.807) is 7.11 Å². The number of rotatable bonds is 6. The summed E-state index contributed by atoms with van der Waals surface area (Å²) in [5.41, 5.74) is 7.89. The molecular weight excluding hydrogens is 278 g/mol. The Bertz CT molecular complexity index is 479. The highest BCUT2D eigenvalue weighted by Crippen LogP contribution is 2.30. The van der Waals surface area contributed by atoms with Crippen LogP contribution in [-0.2, 0) is 4.74 Å². The minimum Gasteiger partial charge on any atom is -0.489 e. The van der Waals surface area contributed by atoms with Gasteiger partial charge >= 0.3 is 0 Å². The molecule has 5 heteroatoms. The molecule has 0 aliphatic carbocycles. The molecule has 1 saturated heterocycles. The quantitative estimate of drug-likeness (QED) is 0.817. The number of methoxy groups -OCH3 is 1. The second-order valence-electron chi connectivity index (χ2n) is 6.25. The van der Waals surface area contributed by atoms with Gasteiger partial charge in [-0.15, -0.1) is 0 Å². The van der Waals surface area contributed by atoms with Gasteiger partial charge in [0.25, 0.3) is 0 Å². The van der Waals surface area contributed by atoms with Crippen LogP contribution in [0.2, 0.25) is 0 Å². The summed E-state index contributed by atoms with van der Waals surface area (Å²) in [4.78, 5) is 4.82. The van der Waals surface area contributed by atoms with Crippen LogP contribution in [0.25, 0.3) is 0 Å². The van der Waals surface area contributed by atoms with Crippen LogP contribution in [0.4, 0.5) is 11.4 Å². The zero-order valence-corrected chi connectivity index (χ0v) is 14.2. The first-order valence-corrected chi connectivity index (χ1v) is 8.01. The summed E-state index contributed by atoms with van der Waals surface area (Å²) >= 11 is 0. The Kier molecular flexibility index (Phi) is 5.91. The number of hydrogen-bond acceptors (Lipinski definition) is 5. The van der Waals surface area contributed by atoms with Crippen LogP contribution in [0.5, 0.6) is 5.75 Å². The summed E-state index contributed by atoms with van der Waals surface area (Å²) < 4.78 is 11.0. The van der Waals surface area contributed by atoms with Crippen molar-refractivity contribution in [2.75, 3.05) is 51.0 Å². The highest BCUT2D eigenvalue weighted by Gasteiger charge is 2.24. The Labute approximate surface area is 134 Å². The number of nitrogen functional groups attached to an aromatic ring is 1. The number of piperazine rings is 1. The van der Waals surface area contributed by atoms with E-state index in [0.717, 1.165) is 38.4 Å². The van der Waals surface area contributed by atoms with Gasteiger partial charge < -0.3 is 20.1 Å². The van der Waals surface area contributed by atoms with Crippen molar-refractivity contribution in [2.24, 2.45) is 0 Å². The Hall–Kier alpha value is -1.46. The second kappa shape index (κ2) is 7.70. The average molecular weight is 307 g/mol. The van der Waals surface area contributed by atoms with E-state index in [-0.39, 0.29) is 6.10 Å². The van der Waals surface area contributed by atoms with E-state index in [1.807, 2.05) is 19.9 Å². The molecular formula is C17H29N3O2. The fourth-order valence-electron chi connectivity index (χ4n) is 2.82. The van der Waals surface area contributed by atoms with Crippen LogP contribution in [0.1, 0.15) is 20.3 Å². The van der Waals surface area contributed by atoms with Crippen molar-refractivity contribution in [2.45, 2.75) is 32.4 Å². The molecule has 22 heavy (non-hydrogen) atoms. The molecule has 0 radical (unpaired) electrons. The van der Waals surface area contributed by atoms with Crippen molar-refractivity contribution in [3.8, 4) is 5.75 Å². The summed E-state index contributed by atoms with van der Waals surface area (Å²) in [7, 11) is 3.95. The van der Waals surface area contributed by atoms with Gasteiger partial charge in [0.2, 0.25) is 0 Å². The van der Waals surface area contributed by atoms with Crippen LogP contribution in [0.3, 0.4) is 0 Å². The SMILES string of the molecule is COCC[C@H]1CN(c2ccc(N)c(OC(C)C)c2)CCN1C. The molecule has 0 saturated carbocycles. The predicted octanol–water partition coefficient (Wildman–Crippen LogP) is 2.21. The lowest BCUT2D eigenvalue weighted by atomic mass is 10.1. The van der Waals surface area contributed by atoms with Crippen molar-refractivity contribution in [3.05, 3.63) is 18.2 Å². The monoisotopic (exact) mass is 307 g/mol. The minimum absolute atomic E-state index is 0.125. The van der Waals surface area contributed by atoms with E-state index >= 15 is 0 Å². The first-order valence-electron chi connectivity index (χ1n) is 8.01. The largest absolute Gasteiger partial charge is 0.489 e. The lowest BCUT2D eigenvalue weighted by Gasteiger charge is -2.40. The molecule has 0 spiro atoms. The lowest BCUT2D eigenvalue weighted by molar-refractivity contribution is 0.138. The summed E-state index contributed by atoms with van der Waals surface area (Å²) in [5.74, 6) is 0.778. The first-order chi connectivity index (χ1) is 10.5. The van der Waals surface area contributed by atoms with Gasteiger partial charge in [-0.3, -0.25) is 4.90 Å². The normalized spacial score (nSPS) is 19.7. The molecule has 0 bridgehead atoms. The van der Waals surface area contributed by atoms with Crippen molar-refractivity contribution in [1.29, 1.82) is 0 Å². The first kappa shape index (κ1) is 16.9. The van der Waals surface area contributed by atoms with Crippen LogP contribution < -0.4 is 15.4 Å². The van der Waals surface area contributed by atoms with Gasteiger partial charge in [-0.25, -0.2) is 0 Å². The zero-order chi connectivity index (χ0) is 16.1. The third kappa shape index (κ3) is 4.27. The van der Waals surface area contributed by atoms with Gasteiger partial charge in [0.05, 0.1) is 11.8 Å². The molecule has 1 heterocycles. The van der Waals surface area contributed by atoms with E-state index in [4.69, 9.17) is 15.2 Å². The standard InChI is InChI=1S/C17H29N3O2/c1-13(2)22-17-11-14(5-6-16(17)18)20-9-8-19(3)15(12-20)7-10-21-4/h5-6,11,13,15H,7-10,12,18H2,1-4H3/t15-/m0/s1. The van der Waals surface area contributed by atoms with E-state index in [9.17, 15) is 0 Å². The molecule has 1 atom stereocenters.